The molecule has 0 unspecified atom stereocenters. The zero-order chi connectivity index (χ0) is 24.2. The summed E-state index contributed by atoms with van der Waals surface area (Å²) in [4.78, 5) is 26.6. The van der Waals surface area contributed by atoms with E-state index in [1.165, 1.54) is 0 Å². The van der Waals surface area contributed by atoms with Gasteiger partial charge in [-0.05, 0) is 18.6 Å². The molecule has 0 amide bonds. The van der Waals surface area contributed by atoms with Crippen molar-refractivity contribution in [2.24, 2.45) is 0 Å². The van der Waals surface area contributed by atoms with Gasteiger partial charge in [-0.25, -0.2) is 0 Å². The van der Waals surface area contributed by atoms with E-state index in [1.54, 1.807) is 0 Å². The minimum atomic E-state index is -0.914. The van der Waals surface area contributed by atoms with Crippen molar-refractivity contribution in [3.05, 3.63) is 59.7 Å². The lowest BCUT2D eigenvalue weighted by atomic mass is 10.1. The Morgan fingerprint density at radius 2 is 1.15 bits per heavy atom. The number of para-hydroxylation sites is 2. The van der Waals surface area contributed by atoms with Gasteiger partial charge in [-0.2, -0.15) is 0 Å². The molecule has 1 aliphatic rings. The van der Waals surface area contributed by atoms with Crippen LogP contribution in [-0.2, 0) is 27.4 Å². The van der Waals surface area contributed by atoms with Crippen molar-refractivity contribution in [3.63, 3.8) is 0 Å². The average molecular weight is 473 g/mol. The van der Waals surface area contributed by atoms with Crippen molar-refractivity contribution in [2.75, 3.05) is 52.6 Å². The molecule has 0 radical (unpaired) electrons. The Kier molecular flexibility index (Phi) is 10.1. The molecule has 184 valence electrons. The van der Waals surface area contributed by atoms with Crippen LogP contribution >= 0.6 is 0 Å². The summed E-state index contributed by atoms with van der Waals surface area (Å²) < 4.78 is 17.4. The topological polar surface area (TPSA) is 109 Å². The van der Waals surface area contributed by atoms with Crippen molar-refractivity contribution in [1.82, 2.24) is 9.80 Å². The predicted octanol–water partition coefficient (Wildman–Crippen LogP) is 2.34. The molecule has 1 heterocycles. The molecular weight excluding hydrogens is 440 g/mol. The number of hydrogen-bond acceptors (Lipinski definition) is 7. The molecule has 9 nitrogen and oxygen atoms in total. The van der Waals surface area contributed by atoms with E-state index < -0.39 is 11.9 Å². The number of carboxylic acid groups (broad SMARTS) is 2. The first-order valence-electron chi connectivity index (χ1n) is 11.4. The summed E-state index contributed by atoms with van der Waals surface area (Å²) in [5, 5.41) is 18.8. The molecule has 3 rings (SSSR count). The first-order valence-corrected chi connectivity index (χ1v) is 11.4. The second-order valence-corrected chi connectivity index (χ2v) is 8.09. The minimum Gasteiger partial charge on any atom is -0.491 e. The molecule has 34 heavy (non-hydrogen) atoms. The van der Waals surface area contributed by atoms with Crippen LogP contribution in [0.3, 0.4) is 0 Å². The van der Waals surface area contributed by atoms with Gasteiger partial charge >= 0.3 is 11.9 Å². The highest BCUT2D eigenvalue weighted by Crippen LogP contribution is 2.22. The highest BCUT2D eigenvalue weighted by Gasteiger charge is 2.17. The molecule has 0 bridgehead atoms. The van der Waals surface area contributed by atoms with Gasteiger partial charge in [0, 0.05) is 37.3 Å². The molecular formula is C25H32N2O7. The fraction of sp³-hybridized carbons (Fsp3) is 0.440. The molecule has 0 atom stereocenters. The molecule has 0 saturated carbocycles. The lowest BCUT2D eigenvalue weighted by Gasteiger charge is -2.25. The van der Waals surface area contributed by atoms with Crippen LogP contribution in [0.2, 0.25) is 0 Å². The monoisotopic (exact) mass is 472 g/mol. The van der Waals surface area contributed by atoms with Gasteiger partial charge in [-0.3, -0.25) is 19.4 Å². The van der Waals surface area contributed by atoms with E-state index in [0.29, 0.717) is 70.5 Å². The molecule has 0 aliphatic carbocycles. The maximum absolute atomic E-state index is 11.5. The van der Waals surface area contributed by atoms with Crippen molar-refractivity contribution >= 4 is 11.9 Å². The van der Waals surface area contributed by atoms with Crippen molar-refractivity contribution in [2.45, 2.75) is 19.5 Å². The number of benzene rings is 2. The van der Waals surface area contributed by atoms with Crippen molar-refractivity contribution in [1.29, 1.82) is 0 Å². The van der Waals surface area contributed by atoms with Crippen LogP contribution in [0.15, 0.2) is 48.5 Å². The van der Waals surface area contributed by atoms with Crippen LogP contribution in [0.4, 0.5) is 0 Å². The highest BCUT2D eigenvalue weighted by atomic mass is 16.5. The van der Waals surface area contributed by atoms with E-state index >= 15 is 0 Å². The van der Waals surface area contributed by atoms with E-state index in [1.807, 2.05) is 58.3 Å². The summed E-state index contributed by atoms with van der Waals surface area (Å²) in [6.45, 7) is 3.12. The number of fused-ring (bicyclic) bond motifs is 2. The third kappa shape index (κ3) is 8.66. The first-order chi connectivity index (χ1) is 16.5. The lowest BCUT2D eigenvalue weighted by molar-refractivity contribution is -0.139. The highest BCUT2D eigenvalue weighted by molar-refractivity contribution is 5.69. The largest absolute Gasteiger partial charge is 0.491 e. The quantitative estimate of drug-likeness (QED) is 0.693. The third-order valence-electron chi connectivity index (χ3n) is 5.37. The van der Waals surface area contributed by atoms with Crippen LogP contribution in [0, 0.1) is 0 Å². The second-order valence-electron chi connectivity index (χ2n) is 8.09. The zero-order valence-electron chi connectivity index (χ0n) is 19.2. The van der Waals surface area contributed by atoms with Gasteiger partial charge in [0.2, 0.25) is 0 Å². The maximum Gasteiger partial charge on any atom is 0.317 e. The number of carbonyl (C=O) groups is 2. The fourth-order valence-corrected chi connectivity index (χ4v) is 3.88. The Morgan fingerprint density at radius 1 is 0.706 bits per heavy atom. The molecule has 2 N–H and O–H groups in total. The maximum atomic E-state index is 11.5. The van der Waals surface area contributed by atoms with E-state index in [9.17, 15) is 19.8 Å². The zero-order valence-corrected chi connectivity index (χ0v) is 19.2. The molecule has 9 heteroatoms. The first kappa shape index (κ1) is 25.5. The SMILES string of the molecule is O=C(O)CN1CCCN(CC(=O)O)Cc2ccccc2OCCOCCOc2ccccc2C1. The molecule has 0 aromatic heterocycles. The van der Waals surface area contributed by atoms with Crippen molar-refractivity contribution in [3.8, 4) is 11.5 Å². The van der Waals surface area contributed by atoms with Crippen LogP contribution in [-0.4, -0.2) is 84.6 Å². The Balaban J connectivity index is 1.78. The Labute approximate surface area is 199 Å². The second kappa shape index (κ2) is 13.5. The van der Waals surface area contributed by atoms with Gasteiger partial charge < -0.3 is 24.4 Å². The summed E-state index contributed by atoms with van der Waals surface area (Å²) in [6.07, 6.45) is 0.612. The number of hydrogen-bond donors (Lipinski definition) is 2. The number of rotatable bonds is 4. The van der Waals surface area contributed by atoms with Crippen LogP contribution in [0.1, 0.15) is 17.5 Å². The molecule has 1 aliphatic heterocycles. The number of carboxylic acids is 2. The van der Waals surface area contributed by atoms with Gasteiger partial charge in [0.05, 0.1) is 26.3 Å². The Bertz CT molecular complexity index is 863. The normalized spacial score (nSPS) is 17.2. The molecule has 0 saturated heterocycles. The molecule has 0 fully saturated rings. The number of nitrogens with zero attached hydrogens (tertiary/aromatic N) is 2. The van der Waals surface area contributed by atoms with Gasteiger partial charge in [0.1, 0.15) is 24.7 Å². The van der Waals surface area contributed by atoms with E-state index in [4.69, 9.17) is 14.2 Å². The van der Waals surface area contributed by atoms with Gasteiger partial charge in [-0.1, -0.05) is 36.4 Å². The van der Waals surface area contributed by atoms with Crippen molar-refractivity contribution < 1.29 is 34.0 Å². The summed E-state index contributed by atoms with van der Waals surface area (Å²) >= 11 is 0. The molecule has 2 aromatic rings. The number of ether oxygens (including phenoxy) is 3. The minimum absolute atomic E-state index is 0.118. The van der Waals surface area contributed by atoms with E-state index in [2.05, 4.69) is 0 Å². The smallest absolute Gasteiger partial charge is 0.317 e. The summed E-state index contributed by atoms with van der Waals surface area (Å²) in [5.74, 6) is -0.439. The van der Waals surface area contributed by atoms with E-state index in [0.717, 1.165) is 11.1 Å². The number of aliphatic carboxylic acids is 2. The van der Waals surface area contributed by atoms with Crippen LogP contribution in [0.5, 0.6) is 11.5 Å². The summed E-state index contributed by atoms with van der Waals surface area (Å²) in [6, 6.07) is 15.1. The van der Waals surface area contributed by atoms with Crippen LogP contribution < -0.4 is 9.47 Å². The van der Waals surface area contributed by atoms with E-state index in [-0.39, 0.29) is 13.1 Å². The van der Waals surface area contributed by atoms with Gasteiger partial charge in [-0.15, -0.1) is 0 Å². The Morgan fingerprint density at radius 3 is 1.59 bits per heavy atom. The van der Waals surface area contributed by atoms with Crippen LogP contribution in [0.25, 0.3) is 0 Å². The Hall–Kier alpha value is -3.14. The fourth-order valence-electron chi connectivity index (χ4n) is 3.88. The van der Waals surface area contributed by atoms with Gasteiger partial charge in [0.25, 0.3) is 0 Å². The standard InChI is InChI=1S/C25H32N2O7/c28-24(29)18-26-10-5-11-27(19-25(30)31)17-21-7-2-4-9-23(21)34-15-13-32-12-14-33-22-8-3-1-6-20(22)16-26/h1-4,6-9H,5,10-19H2,(H,28,29)(H,30,31). The summed E-state index contributed by atoms with van der Waals surface area (Å²) in [5.41, 5.74) is 1.79. The lowest BCUT2D eigenvalue weighted by Crippen LogP contribution is -2.35. The van der Waals surface area contributed by atoms with Gasteiger partial charge in [0.15, 0.2) is 0 Å². The molecule has 0 spiro atoms. The third-order valence-corrected chi connectivity index (χ3v) is 5.37. The predicted molar refractivity (Wildman–Crippen MR) is 125 cm³/mol. The summed E-state index contributed by atoms with van der Waals surface area (Å²) in [7, 11) is 0. The average Bonchev–Trinajstić information content (AvgIpc) is 2.79. The molecule has 2 aromatic carbocycles.